The zero-order chi connectivity index (χ0) is 13.0. The summed E-state index contributed by atoms with van der Waals surface area (Å²) in [5.74, 6) is 0.722. The second kappa shape index (κ2) is 5.96. The Hall–Kier alpha value is -1.42. The molecule has 18 heavy (non-hydrogen) atoms. The lowest BCUT2D eigenvalue weighted by Gasteiger charge is -2.16. The van der Waals surface area contributed by atoms with Crippen LogP contribution >= 0.6 is 0 Å². The number of aromatic nitrogens is 1. The van der Waals surface area contributed by atoms with Gasteiger partial charge < -0.3 is 10.6 Å². The highest BCUT2D eigenvalue weighted by Gasteiger charge is 2.26. The first kappa shape index (κ1) is 13.0. The van der Waals surface area contributed by atoms with Gasteiger partial charge in [-0.2, -0.15) is 0 Å². The molecule has 0 radical (unpaired) electrons. The highest BCUT2D eigenvalue weighted by molar-refractivity contribution is 5.92. The lowest BCUT2D eigenvalue weighted by atomic mass is 10.0. The first-order chi connectivity index (χ1) is 8.74. The van der Waals surface area contributed by atoms with Crippen LogP contribution in [0.2, 0.25) is 0 Å². The van der Waals surface area contributed by atoms with E-state index in [4.69, 9.17) is 5.73 Å². The van der Waals surface area contributed by atoms with Gasteiger partial charge in [0.15, 0.2) is 0 Å². The van der Waals surface area contributed by atoms with Gasteiger partial charge in [0, 0.05) is 25.8 Å². The minimum atomic E-state index is 0.0529. The summed E-state index contributed by atoms with van der Waals surface area (Å²) in [6.07, 6.45) is 5.22. The van der Waals surface area contributed by atoms with E-state index in [0.29, 0.717) is 18.2 Å². The number of nitrogens with two attached hydrogens (primary N) is 1. The molecule has 1 unspecified atom stereocenters. The maximum Gasteiger partial charge on any atom is 0.272 e. The number of carbonyl (C=O) groups excluding carboxylic acids is 1. The molecule has 1 aromatic heterocycles. The molecule has 1 fully saturated rings. The highest BCUT2D eigenvalue weighted by atomic mass is 16.2. The van der Waals surface area contributed by atoms with Crippen molar-refractivity contribution in [3.63, 3.8) is 0 Å². The fourth-order valence-electron chi connectivity index (χ4n) is 2.49. The van der Waals surface area contributed by atoms with Gasteiger partial charge in [0.05, 0.1) is 0 Å². The van der Waals surface area contributed by atoms with Crippen LogP contribution in [0, 0.1) is 5.92 Å². The Morgan fingerprint density at radius 3 is 3.00 bits per heavy atom. The van der Waals surface area contributed by atoms with E-state index in [1.165, 1.54) is 12.8 Å². The minimum Gasteiger partial charge on any atom is -0.337 e. The van der Waals surface area contributed by atoms with Gasteiger partial charge in [-0.25, -0.2) is 0 Å². The summed E-state index contributed by atoms with van der Waals surface area (Å²) in [7, 11) is 0. The Kier molecular flexibility index (Phi) is 4.31. The second-order valence-electron chi connectivity index (χ2n) is 4.95. The normalized spacial score (nSPS) is 19.2. The van der Waals surface area contributed by atoms with E-state index in [9.17, 15) is 4.79 Å². The van der Waals surface area contributed by atoms with Crippen LogP contribution in [0.15, 0.2) is 18.3 Å². The predicted molar refractivity (Wildman–Crippen MR) is 71.0 cm³/mol. The van der Waals surface area contributed by atoms with Gasteiger partial charge in [-0.1, -0.05) is 19.4 Å². The Morgan fingerprint density at radius 2 is 2.39 bits per heavy atom. The van der Waals surface area contributed by atoms with Gasteiger partial charge in [0.25, 0.3) is 5.91 Å². The highest BCUT2D eigenvalue weighted by Crippen LogP contribution is 2.22. The molecule has 1 atom stereocenters. The first-order valence-corrected chi connectivity index (χ1v) is 6.69. The van der Waals surface area contributed by atoms with Crippen LogP contribution < -0.4 is 5.73 Å². The molecule has 2 N–H and O–H groups in total. The van der Waals surface area contributed by atoms with Gasteiger partial charge in [-0.05, 0) is 30.4 Å². The van der Waals surface area contributed by atoms with Crippen LogP contribution in [0.3, 0.4) is 0 Å². The number of hydrogen-bond acceptors (Lipinski definition) is 3. The molecule has 2 rings (SSSR count). The van der Waals surface area contributed by atoms with E-state index >= 15 is 0 Å². The van der Waals surface area contributed by atoms with Crippen molar-refractivity contribution in [1.29, 1.82) is 0 Å². The van der Waals surface area contributed by atoms with E-state index in [0.717, 1.165) is 25.1 Å². The van der Waals surface area contributed by atoms with Crippen molar-refractivity contribution in [2.75, 3.05) is 13.1 Å². The molecule has 0 spiro atoms. The zero-order valence-electron chi connectivity index (χ0n) is 10.9. The zero-order valence-corrected chi connectivity index (χ0v) is 10.9. The summed E-state index contributed by atoms with van der Waals surface area (Å²) in [6, 6.07) is 3.65. The minimum absolute atomic E-state index is 0.0529. The summed E-state index contributed by atoms with van der Waals surface area (Å²) in [5.41, 5.74) is 7.00. The lowest BCUT2D eigenvalue weighted by Crippen LogP contribution is -2.29. The third kappa shape index (κ3) is 2.88. The van der Waals surface area contributed by atoms with Crippen LogP contribution in [0.1, 0.15) is 42.2 Å². The third-order valence-corrected chi connectivity index (χ3v) is 3.55. The summed E-state index contributed by atoms with van der Waals surface area (Å²) >= 11 is 0. The van der Waals surface area contributed by atoms with Crippen LogP contribution in [-0.2, 0) is 6.54 Å². The van der Waals surface area contributed by atoms with Crippen LogP contribution in [-0.4, -0.2) is 28.9 Å². The van der Waals surface area contributed by atoms with Gasteiger partial charge in [-0.15, -0.1) is 0 Å². The van der Waals surface area contributed by atoms with Crippen molar-refractivity contribution < 1.29 is 4.79 Å². The van der Waals surface area contributed by atoms with E-state index in [1.807, 2.05) is 11.0 Å². The SMILES string of the molecule is CCCC1CCN(C(=O)c2ccc(CN)cn2)C1. The molecule has 4 nitrogen and oxygen atoms in total. The Morgan fingerprint density at radius 1 is 1.56 bits per heavy atom. The van der Waals surface area contributed by atoms with E-state index in [-0.39, 0.29) is 5.91 Å². The molecule has 2 heterocycles. The summed E-state index contributed by atoms with van der Waals surface area (Å²) < 4.78 is 0. The van der Waals surface area contributed by atoms with Crippen molar-refractivity contribution in [2.45, 2.75) is 32.7 Å². The maximum absolute atomic E-state index is 12.2. The molecule has 4 heteroatoms. The molecular formula is C14H21N3O. The molecule has 1 saturated heterocycles. The van der Waals surface area contributed by atoms with Crippen molar-refractivity contribution in [3.05, 3.63) is 29.6 Å². The Balaban J connectivity index is 1.98. The van der Waals surface area contributed by atoms with Gasteiger partial charge in [0.1, 0.15) is 5.69 Å². The van der Waals surface area contributed by atoms with Crippen molar-refractivity contribution in [3.8, 4) is 0 Å². The average molecular weight is 247 g/mol. The summed E-state index contributed by atoms with van der Waals surface area (Å²) in [5, 5.41) is 0. The lowest BCUT2D eigenvalue weighted by molar-refractivity contribution is 0.0780. The number of hydrogen-bond donors (Lipinski definition) is 1. The fraction of sp³-hybridized carbons (Fsp3) is 0.571. The molecule has 1 aromatic rings. The van der Waals surface area contributed by atoms with Crippen LogP contribution in [0.5, 0.6) is 0 Å². The van der Waals surface area contributed by atoms with E-state index in [2.05, 4.69) is 11.9 Å². The summed E-state index contributed by atoms with van der Waals surface area (Å²) in [6.45, 7) is 4.40. The molecule has 0 aromatic carbocycles. The van der Waals surface area contributed by atoms with Gasteiger partial charge >= 0.3 is 0 Å². The fourth-order valence-corrected chi connectivity index (χ4v) is 2.49. The molecule has 1 aliphatic heterocycles. The molecule has 0 bridgehead atoms. The second-order valence-corrected chi connectivity index (χ2v) is 4.95. The quantitative estimate of drug-likeness (QED) is 0.882. The maximum atomic E-state index is 12.2. The van der Waals surface area contributed by atoms with E-state index in [1.54, 1.807) is 12.3 Å². The topological polar surface area (TPSA) is 59.2 Å². The monoisotopic (exact) mass is 247 g/mol. The van der Waals surface area contributed by atoms with Gasteiger partial charge in [0.2, 0.25) is 0 Å². The first-order valence-electron chi connectivity index (χ1n) is 6.69. The molecule has 0 aliphatic carbocycles. The van der Waals surface area contributed by atoms with E-state index < -0.39 is 0 Å². The van der Waals surface area contributed by atoms with Crippen molar-refractivity contribution in [1.82, 2.24) is 9.88 Å². The van der Waals surface area contributed by atoms with Crippen LogP contribution in [0.4, 0.5) is 0 Å². The molecule has 1 amide bonds. The number of amides is 1. The third-order valence-electron chi connectivity index (χ3n) is 3.55. The van der Waals surface area contributed by atoms with Crippen molar-refractivity contribution >= 4 is 5.91 Å². The standard InChI is InChI=1S/C14H21N3O/c1-2-3-11-6-7-17(10-11)14(18)13-5-4-12(8-15)9-16-13/h4-5,9,11H,2-3,6-8,10,15H2,1H3. The molecule has 98 valence electrons. The number of likely N-dealkylation sites (tertiary alicyclic amines) is 1. The van der Waals surface area contributed by atoms with Gasteiger partial charge in [-0.3, -0.25) is 9.78 Å². The Labute approximate surface area is 108 Å². The number of carbonyl (C=O) groups is 1. The van der Waals surface area contributed by atoms with Crippen molar-refractivity contribution in [2.24, 2.45) is 11.7 Å². The largest absolute Gasteiger partial charge is 0.337 e. The molecule has 1 aliphatic rings. The molecular weight excluding hydrogens is 226 g/mol. The number of rotatable bonds is 4. The van der Waals surface area contributed by atoms with Crippen LogP contribution in [0.25, 0.3) is 0 Å². The summed E-state index contributed by atoms with van der Waals surface area (Å²) in [4.78, 5) is 18.3. The average Bonchev–Trinajstić information content (AvgIpc) is 2.87. The smallest absolute Gasteiger partial charge is 0.272 e. The Bertz CT molecular complexity index is 402. The molecule has 0 saturated carbocycles. The predicted octanol–water partition coefficient (Wildman–Crippen LogP) is 1.80. The number of nitrogens with zero attached hydrogens (tertiary/aromatic N) is 2. The number of pyridine rings is 1.